The number of nitrogens with zero attached hydrogens (tertiary/aromatic N) is 1. The van der Waals surface area contributed by atoms with Crippen molar-refractivity contribution in [2.24, 2.45) is 0 Å². The molecule has 22 heavy (non-hydrogen) atoms. The van der Waals surface area contributed by atoms with Crippen LogP contribution in [0.5, 0.6) is 5.75 Å². The van der Waals surface area contributed by atoms with Crippen molar-refractivity contribution in [3.63, 3.8) is 0 Å². The molecule has 3 aromatic rings. The molecule has 2 N–H and O–H groups in total. The Bertz CT molecular complexity index is 703. The van der Waals surface area contributed by atoms with E-state index in [9.17, 15) is 0 Å². The summed E-state index contributed by atoms with van der Waals surface area (Å²) in [5, 5.41) is 3.41. The second kappa shape index (κ2) is 7.09. The van der Waals surface area contributed by atoms with E-state index < -0.39 is 0 Å². The number of fused-ring (bicyclic) bond motifs is 1. The highest BCUT2D eigenvalue weighted by Crippen LogP contribution is 2.14. The van der Waals surface area contributed by atoms with Gasteiger partial charge >= 0.3 is 0 Å². The Labute approximate surface area is 130 Å². The molecule has 0 aliphatic heterocycles. The van der Waals surface area contributed by atoms with Crippen LogP contribution in [0, 0.1) is 0 Å². The van der Waals surface area contributed by atoms with Crippen LogP contribution in [0.4, 0.5) is 0 Å². The van der Waals surface area contributed by atoms with Crippen LogP contribution >= 0.6 is 0 Å². The number of H-pyrrole nitrogens is 1. The minimum Gasteiger partial charge on any atom is -0.494 e. The van der Waals surface area contributed by atoms with E-state index in [1.807, 2.05) is 36.4 Å². The predicted octanol–water partition coefficient (Wildman–Crippen LogP) is 3.64. The van der Waals surface area contributed by atoms with Crippen LogP contribution in [-0.4, -0.2) is 16.6 Å². The Hall–Kier alpha value is -2.33. The maximum atomic E-state index is 5.65. The first-order valence-corrected chi connectivity index (χ1v) is 7.71. The quantitative estimate of drug-likeness (QED) is 0.699. The molecule has 114 valence electrons. The molecule has 2 aromatic carbocycles. The Morgan fingerprint density at radius 3 is 2.86 bits per heavy atom. The third-order valence-corrected chi connectivity index (χ3v) is 3.43. The molecule has 0 saturated heterocycles. The molecule has 0 bridgehead atoms. The summed E-state index contributed by atoms with van der Waals surface area (Å²) in [6.07, 6.45) is 1.02. The number of imidazole rings is 1. The van der Waals surface area contributed by atoms with E-state index >= 15 is 0 Å². The highest BCUT2D eigenvalue weighted by molar-refractivity contribution is 5.74. The van der Waals surface area contributed by atoms with Crippen molar-refractivity contribution in [3.05, 3.63) is 59.9 Å². The molecule has 0 aliphatic carbocycles. The average Bonchev–Trinajstić information content (AvgIpc) is 2.96. The lowest BCUT2D eigenvalue weighted by Gasteiger charge is -2.07. The van der Waals surface area contributed by atoms with Crippen molar-refractivity contribution in [1.29, 1.82) is 0 Å². The number of para-hydroxylation sites is 2. The minimum atomic E-state index is 0.717. The highest BCUT2D eigenvalue weighted by atomic mass is 16.5. The second-order valence-electron chi connectivity index (χ2n) is 5.30. The first-order chi connectivity index (χ1) is 10.8. The number of rotatable bonds is 7. The smallest absolute Gasteiger partial charge is 0.121 e. The molecule has 0 fully saturated rings. The molecule has 0 aliphatic rings. The van der Waals surface area contributed by atoms with Crippen molar-refractivity contribution in [2.45, 2.75) is 26.4 Å². The van der Waals surface area contributed by atoms with E-state index in [0.717, 1.165) is 42.2 Å². The lowest BCUT2D eigenvalue weighted by molar-refractivity contribution is 0.317. The lowest BCUT2D eigenvalue weighted by Crippen LogP contribution is -2.13. The van der Waals surface area contributed by atoms with Crippen molar-refractivity contribution in [2.75, 3.05) is 6.61 Å². The van der Waals surface area contributed by atoms with Crippen molar-refractivity contribution in [1.82, 2.24) is 15.3 Å². The zero-order valence-electron chi connectivity index (χ0n) is 12.8. The molecule has 1 aromatic heterocycles. The van der Waals surface area contributed by atoms with Crippen LogP contribution in [0.2, 0.25) is 0 Å². The maximum absolute atomic E-state index is 5.65. The Kier molecular flexibility index (Phi) is 4.71. The number of aromatic nitrogens is 2. The number of ether oxygens (including phenoxy) is 1. The van der Waals surface area contributed by atoms with Gasteiger partial charge in [-0.15, -0.1) is 0 Å². The number of hydrogen-bond acceptors (Lipinski definition) is 3. The molecule has 0 spiro atoms. The van der Waals surface area contributed by atoms with E-state index in [-0.39, 0.29) is 0 Å². The molecule has 0 atom stereocenters. The van der Waals surface area contributed by atoms with Gasteiger partial charge in [-0.2, -0.15) is 0 Å². The number of benzene rings is 2. The van der Waals surface area contributed by atoms with Gasteiger partial charge < -0.3 is 15.0 Å². The summed E-state index contributed by atoms with van der Waals surface area (Å²) >= 11 is 0. The molecule has 3 rings (SSSR count). The molecule has 1 heterocycles. The summed E-state index contributed by atoms with van der Waals surface area (Å²) in [5.74, 6) is 1.89. The maximum Gasteiger partial charge on any atom is 0.121 e. The van der Waals surface area contributed by atoms with Gasteiger partial charge in [0.25, 0.3) is 0 Å². The lowest BCUT2D eigenvalue weighted by atomic mass is 10.2. The van der Waals surface area contributed by atoms with Crippen LogP contribution in [0.15, 0.2) is 48.5 Å². The van der Waals surface area contributed by atoms with E-state index in [4.69, 9.17) is 4.74 Å². The summed E-state index contributed by atoms with van der Waals surface area (Å²) in [7, 11) is 0. The molecular weight excluding hydrogens is 274 g/mol. The third kappa shape index (κ3) is 3.65. The van der Waals surface area contributed by atoms with E-state index in [2.05, 4.69) is 34.3 Å². The SMILES string of the molecule is CCCOc1cccc(CNCc2nc3ccccc3[nH]2)c1. The molecule has 0 unspecified atom stereocenters. The second-order valence-corrected chi connectivity index (χ2v) is 5.30. The van der Waals surface area contributed by atoms with Gasteiger partial charge in [0.05, 0.1) is 24.2 Å². The van der Waals surface area contributed by atoms with Crippen LogP contribution in [0.3, 0.4) is 0 Å². The van der Waals surface area contributed by atoms with E-state index in [0.29, 0.717) is 6.54 Å². The zero-order valence-corrected chi connectivity index (χ0v) is 12.8. The molecule has 0 radical (unpaired) electrons. The van der Waals surface area contributed by atoms with Crippen LogP contribution < -0.4 is 10.1 Å². The van der Waals surface area contributed by atoms with Gasteiger partial charge in [-0.3, -0.25) is 0 Å². The monoisotopic (exact) mass is 295 g/mol. The molecule has 0 saturated carbocycles. The third-order valence-electron chi connectivity index (χ3n) is 3.43. The van der Waals surface area contributed by atoms with Crippen molar-refractivity contribution in [3.8, 4) is 5.75 Å². The fourth-order valence-corrected chi connectivity index (χ4v) is 2.38. The first kappa shape index (κ1) is 14.6. The summed E-state index contributed by atoms with van der Waals surface area (Å²) in [6.45, 7) is 4.38. The van der Waals surface area contributed by atoms with E-state index in [1.54, 1.807) is 0 Å². The minimum absolute atomic E-state index is 0.717. The van der Waals surface area contributed by atoms with Gasteiger partial charge in [0.1, 0.15) is 11.6 Å². The van der Waals surface area contributed by atoms with Gasteiger partial charge in [-0.1, -0.05) is 31.2 Å². The Morgan fingerprint density at radius 2 is 2.00 bits per heavy atom. The molecular formula is C18H21N3O. The normalized spacial score (nSPS) is 11.0. The van der Waals surface area contributed by atoms with Gasteiger partial charge in [0, 0.05) is 6.54 Å². The predicted molar refractivity (Wildman–Crippen MR) is 88.9 cm³/mol. The van der Waals surface area contributed by atoms with Gasteiger partial charge in [0.2, 0.25) is 0 Å². The van der Waals surface area contributed by atoms with Crippen LogP contribution in [0.25, 0.3) is 11.0 Å². The summed E-state index contributed by atoms with van der Waals surface area (Å²) in [4.78, 5) is 7.88. The molecule has 4 nitrogen and oxygen atoms in total. The number of nitrogens with one attached hydrogen (secondary N) is 2. The van der Waals surface area contributed by atoms with Gasteiger partial charge in [-0.05, 0) is 36.2 Å². The topological polar surface area (TPSA) is 49.9 Å². The number of aromatic amines is 1. The molecule has 0 amide bonds. The van der Waals surface area contributed by atoms with Gasteiger partial charge in [0.15, 0.2) is 0 Å². The summed E-state index contributed by atoms with van der Waals surface area (Å²) in [5.41, 5.74) is 3.30. The number of hydrogen-bond donors (Lipinski definition) is 2. The van der Waals surface area contributed by atoms with Crippen LogP contribution in [-0.2, 0) is 13.1 Å². The van der Waals surface area contributed by atoms with Crippen LogP contribution in [0.1, 0.15) is 24.7 Å². The summed E-state index contributed by atoms with van der Waals surface area (Å²) < 4.78 is 5.65. The summed E-state index contributed by atoms with van der Waals surface area (Å²) in [6, 6.07) is 16.3. The van der Waals surface area contributed by atoms with Crippen molar-refractivity contribution >= 4 is 11.0 Å². The largest absolute Gasteiger partial charge is 0.494 e. The fourth-order valence-electron chi connectivity index (χ4n) is 2.38. The Morgan fingerprint density at radius 1 is 1.09 bits per heavy atom. The zero-order chi connectivity index (χ0) is 15.2. The van der Waals surface area contributed by atoms with E-state index in [1.165, 1.54) is 5.56 Å². The first-order valence-electron chi connectivity index (χ1n) is 7.71. The highest BCUT2D eigenvalue weighted by Gasteiger charge is 2.02. The average molecular weight is 295 g/mol. The fraction of sp³-hybridized carbons (Fsp3) is 0.278. The van der Waals surface area contributed by atoms with Gasteiger partial charge in [-0.25, -0.2) is 4.98 Å². The Balaban J connectivity index is 1.56. The molecule has 4 heteroatoms. The van der Waals surface area contributed by atoms with Crippen molar-refractivity contribution < 1.29 is 4.74 Å². The standard InChI is InChI=1S/C18H21N3O/c1-2-10-22-15-7-5-6-14(11-15)12-19-13-18-20-16-8-3-4-9-17(16)21-18/h3-9,11,19H,2,10,12-13H2,1H3,(H,20,21).